The maximum absolute atomic E-state index is 11.5. The van der Waals surface area contributed by atoms with Gasteiger partial charge in [-0.25, -0.2) is 9.78 Å². The van der Waals surface area contributed by atoms with Gasteiger partial charge < -0.3 is 4.74 Å². The molecule has 3 nitrogen and oxygen atoms in total. The first-order valence-electron chi connectivity index (χ1n) is 5.42. The van der Waals surface area contributed by atoms with E-state index in [0.717, 1.165) is 16.5 Å². The number of methoxy groups -OCH3 is 1. The molecule has 1 aliphatic heterocycles. The first-order chi connectivity index (χ1) is 8.13. The molecule has 0 amide bonds. The summed E-state index contributed by atoms with van der Waals surface area (Å²) in [5, 5.41) is 2.04. The van der Waals surface area contributed by atoms with Gasteiger partial charge in [0.25, 0.3) is 0 Å². The van der Waals surface area contributed by atoms with Crippen LogP contribution in [0.1, 0.15) is 32.5 Å². The molecule has 0 spiro atoms. The van der Waals surface area contributed by atoms with E-state index in [0.29, 0.717) is 15.4 Å². The molecule has 2 heterocycles. The van der Waals surface area contributed by atoms with Crippen molar-refractivity contribution in [2.45, 2.75) is 24.3 Å². The Kier molecular flexibility index (Phi) is 4.38. The number of thiazole rings is 1. The van der Waals surface area contributed by atoms with Gasteiger partial charge in [0, 0.05) is 16.8 Å². The lowest BCUT2D eigenvalue weighted by Crippen LogP contribution is -2.15. The van der Waals surface area contributed by atoms with Crippen molar-refractivity contribution in [2.24, 2.45) is 0 Å². The van der Waals surface area contributed by atoms with Crippen molar-refractivity contribution in [3.8, 4) is 0 Å². The molecule has 0 bridgehead atoms. The molecule has 6 heteroatoms. The minimum Gasteiger partial charge on any atom is -0.465 e. The van der Waals surface area contributed by atoms with Crippen molar-refractivity contribution >= 4 is 40.8 Å². The maximum atomic E-state index is 11.5. The molecule has 94 valence electrons. The smallest absolute Gasteiger partial charge is 0.349 e. The number of ether oxygens (including phenoxy) is 1. The van der Waals surface area contributed by atoms with Crippen molar-refractivity contribution in [2.75, 3.05) is 18.6 Å². The minimum absolute atomic E-state index is 0.271. The van der Waals surface area contributed by atoms with Gasteiger partial charge in [-0.15, -0.1) is 23.1 Å². The maximum Gasteiger partial charge on any atom is 0.349 e. The lowest BCUT2D eigenvalue weighted by Gasteiger charge is -2.25. The quantitative estimate of drug-likeness (QED) is 0.782. The molecule has 1 fully saturated rings. The van der Waals surface area contributed by atoms with Crippen LogP contribution in [0.5, 0.6) is 0 Å². The van der Waals surface area contributed by atoms with E-state index in [1.807, 2.05) is 30.4 Å². The van der Waals surface area contributed by atoms with E-state index in [4.69, 9.17) is 4.74 Å². The van der Waals surface area contributed by atoms with Crippen molar-refractivity contribution in [1.29, 1.82) is 0 Å². The van der Waals surface area contributed by atoms with Crippen LogP contribution in [-0.2, 0) is 4.74 Å². The van der Waals surface area contributed by atoms with E-state index in [1.165, 1.54) is 24.2 Å². The standard InChI is InChI=1S/C11H15NO2S3/c1-6-8(11(13)14-3)17-10(12-6)9-7(2)15-4-5-16-9/h7,9H,4-5H2,1-3H3. The zero-order valence-corrected chi connectivity index (χ0v) is 12.5. The van der Waals surface area contributed by atoms with Crippen molar-refractivity contribution < 1.29 is 9.53 Å². The molecule has 0 N–H and O–H groups in total. The Balaban J connectivity index is 2.24. The van der Waals surface area contributed by atoms with Crippen LogP contribution in [0.25, 0.3) is 0 Å². The Bertz CT molecular complexity index is 419. The van der Waals surface area contributed by atoms with Crippen LogP contribution in [0.4, 0.5) is 0 Å². The van der Waals surface area contributed by atoms with E-state index in [1.54, 1.807) is 0 Å². The second-order valence-corrected chi connectivity index (χ2v) is 7.59. The molecule has 0 aromatic carbocycles. The monoisotopic (exact) mass is 289 g/mol. The number of carbonyl (C=O) groups is 1. The van der Waals surface area contributed by atoms with E-state index in [-0.39, 0.29) is 5.97 Å². The summed E-state index contributed by atoms with van der Waals surface area (Å²) in [5.41, 5.74) is 0.792. The third-order valence-corrected chi connectivity index (χ3v) is 7.08. The van der Waals surface area contributed by atoms with Gasteiger partial charge >= 0.3 is 5.97 Å². The van der Waals surface area contributed by atoms with Crippen molar-refractivity contribution in [3.63, 3.8) is 0 Å². The molecule has 1 aromatic heterocycles. The number of hydrogen-bond acceptors (Lipinski definition) is 6. The molecule has 2 atom stereocenters. The molecule has 0 radical (unpaired) electrons. The molecule has 0 saturated carbocycles. The van der Waals surface area contributed by atoms with Gasteiger partial charge in [0.1, 0.15) is 9.88 Å². The highest BCUT2D eigenvalue weighted by Crippen LogP contribution is 2.44. The fourth-order valence-electron chi connectivity index (χ4n) is 1.73. The summed E-state index contributed by atoms with van der Waals surface area (Å²) >= 11 is 5.40. The second-order valence-electron chi connectivity index (χ2n) is 3.83. The number of aryl methyl sites for hydroxylation is 1. The summed E-state index contributed by atoms with van der Waals surface area (Å²) in [5.74, 6) is 2.09. The Morgan fingerprint density at radius 3 is 2.76 bits per heavy atom. The molecular weight excluding hydrogens is 274 g/mol. The number of nitrogens with zero attached hydrogens (tertiary/aromatic N) is 1. The van der Waals surface area contributed by atoms with Gasteiger partial charge in [0.15, 0.2) is 0 Å². The topological polar surface area (TPSA) is 39.2 Å². The minimum atomic E-state index is -0.271. The predicted molar refractivity (Wildman–Crippen MR) is 75.3 cm³/mol. The number of aromatic nitrogens is 1. The molecule has 2 rings (SSSR count). The van der Waals surface area contributed by atoms with Gasteiger partial charge in [-0.1, -0.05) is 6.92 Å². The molecular formula is C11H15NO2S3. The summed E-state index contributed by atoms with van der Waals surface area (Å²) in [6, 6.07) is 0. The molecule has 17 heavy (non-hydrogen) atoms. The highest BCUT2D eigenvalue weighted by atomic mass is 32.2. The van der Waals surface area contributed by atoms with Crippen LogP contribution in [0.15, 0.2) is 0 Å². The summed E-state index contributed by atoms with van der Waals surface area (Å²) in [6.45, 7) is 4.10. The zero-order chi connectivity index (χ0) is 12.4. The van der Waals surface area contributed by atoms with Gasteiger partial charge in [-0.05, 0) is 6.92 Å². The average molecular weight is 289 g/mol. The predicted octanol–water partition coefficient (Wildman–Crippen LogP) is 3.15. The number of rotatable bonds is 2. The van der Waals surface area contributed by atoms with Crippen molar-refractivity contribution in [3.05, 3.63) is 15.6 Å². The van der Waals surface area contributed by atoms with Gasteiger partial charge in [-0.2, -0.15) is 11.8 Å². The van der Waals surface area contributed by atoms with Crippen LogP contribution < -0.4 is 0 Å². The van der Waals surface area contributed by atoms with Crippen LogP contribution in [0.2, 0.25) is 0 Å². The summed E-state index contributed by atoms with van der Waals surface area (Å²) in [7, 11) is 1.41. The SMILES string of the molecule is COC(=O)c1sc(C2SCCSC2C)nc1C. The fraction of sp³-hybridized carbons (Fsp3) is 0.636. The molecule has 0 aliphatic carbocycles. The molecule has 1 saturated heterocycles. The normalized spacial score (nSPS) is 24.6. The lowest BCUT2D eigenvalue weighted by molar-refractivity contribution is 0.0605. The third-order valence-electron chi connectivity index (χ3n) is 2.62. The zero-order valence-electron chi connectivity index (χ0n) is 10.1. The van der Waals surface area contributed by atoms with Crippen LogP contribution >= 0.6 is 34.9 Å². The number of carbonyl (C=O) groups excluding carboxylic acids is 1. The highest BCUT2D eigenvalue weighted by Gasteiger charge is 2.28. The van der Waals surface area contributed by atoms with Crippen LogP contribution in [0, 0.1) is 6.92 Å². The highest BCUT2D eigenvalue weighted by molar-refractivity contribution is 8.06. The van der Waals surface area contributed by atoms with Gasteiger partial charge in [0.2, 0.25) is 0 Å². The Morgan fingerprint density at radius 1 is 1.41 bits per heavy atom. The molecule has 2 unspecified atom stereocenters. The Morgan fingerprint density at radius 2 is 2.12 bits per heavy atom. The van der Waals surface area contributed by atoms with Crippen LogP contribution in [0.3, 0.4) is 0 Å². The number of esters is 1. The van der Waals surface area contributed by atoms with E-state index < -0.39 is 0 Å². The summed E-state index contributed by atoms with van der Waals surface area (Å²) in [6.07, 6.45) is 0. The largest absolute Gasteiger partial charge is 0.465 e. The first-order valence-corrected chi connectivity index (χ1v) is 8.33. The number of thioether (sulfide) groups is 2. The van der Waals surface area contributed by atoms with Gasteiger partial charge in [-0.3, -0.25) is 0 Å². The average Bonchev–Trinajstić information content (AvgIpc) is 2.71. The second kappa shape index (κ2) is 5.63. The first kappa shape index (κ1) is 13.2. The van der Waals surface area contributed by atoms with E-state index in [9.17, 15) is 4.79 Å². The Hall–Kier alpha value is -0.200. The van der Waals surface area contributed by atoms with Gasteiger partial charge in [0.05, 0.1) is 18.1 Å². The summed E-state index contributed by atoms with van der Waals surface area (Å²) in [4.78, 5) is 16.7. The molecule has 1 aliphatic rings. The van der Waals surface area contributed by atoms with E-state index >= 15 is 0 Å². The van der Waals surface area contributed by atoms with Crippen LogP contribution in [-0.4, -0.2) is 34.8 Å². The Labute approximate surface area is 114 Å². The summed E-state index contributed by atoms with van der Waals surface area (Å²) < 4.78 is 4.76. The third kappa shape index (κ3) is 2.80. The molecule has 1 aromatic rings. The van der Waals surface area contributed by atoms with E-state index in [2.05, 4.69) is 11.9 Å². The number of hydrogen-bond donors (Lipinski definition) is 0. The lowest BCUT2D eigenvalue weighted by atomic mass is 10.3. The van der Waals surface area contributed by atoms with Crippen molar-refractivity contribution in [1.82, 2.24) is 4.98 Å². The fourth-order valence-corrected chi connectivity index (χ4v) is 5.87.